The van der Waals surface area contributed by atoms with E-state index in [1.54, 1.807) is 38.1 Å². The summed E-state index contributed by atoms with van der Waals surface area (Å²) in [5, 5.41) is 5.59. The second-order valence-corrected chi connectivity index (χ2v) is 20.4. The Morgan fingerprint density at radius 1 is 0.463 bits per heavy atom. The minimum atomic E-state index is -1.05. The van der Waals surface area contributed by atoms with Crippen molar-refractivity contribution in [1.82, 2.24) is 40.0 Å². The number of primary amides is 1. The lowest BCUT2D eigenvalue weighted by atomic mass is 10.1. The van der Waals surface area contributed by atoms with E-state index in [1.807, 2.05) is 36.4 Å². The van der Waals surface area contributed by atoms with Gasteiger partial charge < -0.3 is 68.7 Å². The zero-order valence-electron chi connectivity index (χ0n) is 48.5. The van der Waals surface area contributed by atoms with Crippen molar-refractivity contribution < 1.29 is 43.2 Å². The molecule has 0 aliphatic carbocycles. The lowest BCUT2D eigenvalue weighted by Crippen LogP contribution is -2.53. The molecule has 12 N–H and O–H groups in total. The van der Waals surface area contributed by atoms with Crippen LogP contribution in [0, 0.1) is 0 Å². The number of carbonyl (C=O) groups is 9. The van der Waals surface area contributed by atoms with Gasteiger partial charge in [0.2, 0.25) is 53.2 Å². The molecule has 0 saturated heterocycles. The molecule has 9 amide bonds. The van der Waals surface area contributed by atoms with Crippen molar-refractivity contribution in [1.29, 1.82) is 0 Å². The maximum atomic E-state index is 14.9. The maximum absolute atomic E-state index is 14.9. The molecule has 0 aliphatic rings. The van der Waals surface area contributed by atoms with Crippen LogP contribution in [0.4, 0.5) is 0 Å². The van der Waals surface area contributed by atoms with Crippen molar-refractivity contribution in [2.75, 3.05) is 98.2 Å². The Bertz CT molecular complexity index is 2170. The highest BCUT2D eigenvalue weighted by molar-refractivity contribution is 5.93. The normalized spacial score (nSPS) is 12.1. The fourth-order valence-electron chi connectivity index (χ4n) is 9.00. The largest absolute Gasteiger partial charge is 0.368 e. The molecule has 3 atom stereocenters. The van der Waals surface area contributed by atoms with Crippen LogP contribution in [0.5, 0.6) is 0 Å². The van der Waals surface area contributed by atoms with Gasteiger partial charge in [-0.15, -0.1) is 0 Å². The van der Waals surface area contributed by atoms with Crippen LogP contribution in [0.15, 0.2) is 60.7 Å². The molecule has 2 rings (SSSR count). The number of hydrogen-bond acceptors (Lipinski definition) is 13. The van der Waals surface area contributed by atoms with E-state index in [2.05, 4.69) is 17.6 Å². The second-order valence-electron chi connectivity index (χ2n) is 20.4. The first kappa shape index (κ1) is 69.6. The molecule has 2 aromatic rings. The summed E-state index contributed by atoms with van der Waals surface area (Å²) in [6.07, 6.45) is 8.72. The molecule has 0 heterocycles. The van der Waals surface area contributed by atoms with E-state index in [9.17, 15) is 43.2 Å². The van der Waals surface area contributed by atoms with Gasteiger partial charge in [0.25, 0.3) is 0 Å². The van der Waals surface area contributed by atoms with Crippen molar-refractivity contribution in [2.45, 2.75) is 142 Å². The van der Waals surface area contributed by atoms with Crippen LogP contribution in [-0.2, 0) is 43.2 Å². The molecule has 0 aromatic heterocycles. The van der Waals surface area contributed by atoms with E-state index < -0.39 is 85.7 Å². The Labute approximate surface area is 475 Å². The summed E-state index contributed by atoms with van der Waals surface area (Å²) in [5.41, 5.74) is 30.4. The zero-order valence-corrected chi connectivity index (χ0v) is 48.5. The number of unbranched alkanes of at least 4 members (excludes halogenated alkanes) is 7. The topological polar surface area (TPSA) is 327 Å². The van der Waals surface area contributed by atoms with Crippen molar-refractivity contribution in [3.8, 4) is 0 Å². The number of hydrogen-bond donors (Lipinski definition) is 7. The molecule has 0 bridgehead atoms. The van der Waals surface area contributed by atoms with Crippen LogP contribution in [-0.4, -0.2) is 187 Å². The third kappa shape index (κ3) is 27.1. The summed E-state index contributed by atoms with van der Waals surface area (Å²) >= 11 is 0. The maximum Gasteiger partial charge on any atom is 0.243 e. The van der Waals surface area contributed by atoms with Crippen LogP contribution in [0.3, 0.4) is 0 Å². The summed E-state index contributed by atoms with van der Waals surface area (Å²) in [4.78, 5) is 132. The molecular weight excluding hydrogens is 1020 g/mol. The third-order valence-electron chi connectivity index (χ3n) is 14.0. The van der Waals surface area contributed by atoms with Crippen LogP contribution >= 0.6 is 0 Å². The van der Waals surface area contributed by atoms with E-state index >= 15 is 0 Å². The standard InChI is InChI=1S/C58H97N13O9/c1-5-6-9-29-51(73)64-34-19-14-28-50(58(63)80)65-52(74)39-70(45(2)48-24-10-7-11-25-48)56(78)42-69(38-23-18-33-62)55(77)44-71(46(3)49-26-12-8-13-27-49)57(79)43-68(37-22-17-32-61)54(76)41-67(36-21-16-31-60)53(75)40-66(47(4)72)35-20-15-30-59/h7-8,10-13,24-27,45-46,50H,5-6,9,14-23,28-44,59-62H2,1-4H3,(H2,63,80)(H,64,73)(H,65,74)/t45-,46-,50-/m0/s1. The average molecular weight is 1120 g/mol. The smallest absolute Gasteiger partial charge is 0.243 e. The van der Waals surface area contributed by atoms with Crippen LogP contribution in [0.2, 0.25) is 0 Å². The zero-order chi connectivity index (χ0) is 59.2. The molecule has 0 radical (unpaired) electrons. The molecule has 0 aliphatic heterocycles. The highest BCUT2D eigenvalue weighted by Crippen LogP contribution is 2.23. The Morgan fingerprint density at radius 2 is 0.863 bits per heavy atom. The van der Waals surface area contributed by atoms with Gasteiger partial charge in [-0.3, -0.25) is 43.2 Å². The number of carbonyl (C=O) groups excluding carboxylic acids is 9. The SMILES string of the molecule is CCCCCC(=O)NCCCC[C@H](NC(=O)CN(C(=O)CN(CCCCN)C(=O)CN(C(=O)CN(CCCCN)C(=O)CN(CCCCN)C(=O)CN(CCCCN)C(C)=O)[C@@H](C)c1ccccc1)[C@@H](C)c1ccccc1)C(N)=O. The van der Waals surface area contributed by atoms with E-state index in [-0.39, 0.29) is 51.0 Å². The Kier molecular flexibility index (Phi) is 35.4. The van der Waals surface area contributed by atoms with Gasteiger partial charge in [-0.1, -0.05) is 80.4 Å². The Morgan fingerprint density at radius 3 is 1.27 bits per heavy atom. The lowest BCUT2D eigenvalue weighted by Gasteiger charge is -2.35. The van der Waals surface area contributed by atoms with Crippen LogP contribution in [0.25, 0.3) is 0 Å². The van der Waals surface area contributed by atoms with E-state index in [4.69, 9.17) is 28.7 Å². The highest BCUT2D eigenvalue weighted by Gasteiger charge is 2.33. The van der Waals surface area contributed by atoms with Gasteiger partial charge in [-0.25, -0.2) is 0 Å². The first-order valence-electron chi connectivity index (χ1n) is 28.9. The van der Waals surface area contributed by atoms with Crippen molar-refractivity contribution >= 4 is 53.2 Å². The van der Waals surface area contributed by atoms with E-state index in [0.717, 1.165) is 19.3 Å². The van der Waals surface area contributed by atoms with Crippen molar-refractivity contribution in [3.05, 3.63) is 71.8 Å². The summed E-state index contributed by atoms with van der Waals surface area (Å²) in [6, 6.07) is 15.7. The number of benzene rings is 2. The number of rotatable bonds is 43. The minimum Gasteiger partial charge on any atom is -0.368 e. The van der Waals surface area contributed by atoms with Crippen LogP contribution < -0.4 is 39.3 Å². The Balaban J connectivity index is 2.50. The number of nitrogens with one attached hydrogen (secondary N) is 2. The van der Waals surface area contributed by atoms with Crippen molar-refractivity contribution in [2.24, 2.45) is 28.7 Å². The van der Waals surface area contributed by atoms with E-state index in [1.165, 1.54) is 36.3 Å². The van der Waals surface area contributed by atoms with Gasteiger partial charge in [-0.05, 0) is 128 Å². The lowest BCUT2D eigenvalue weighted by molar-refractivity contribution is -0.149. The van der Waals surface area contributed by atoms with Gasteiger partial charge in [0.05, 0.1) is 38.3 Å². The molecule has 0 fully saturated rings. The van der Waals surface area contributed by atoms with Gasteiger partial charge in [0, 0.05) is 46.1 Å². The second kappa shape index (κ2) is 40.6. The molecule has 80 heavy (non-hydrogen) atoms. The summed E-state index contributed by atoms with van der Waals surface area (Å²) < 4.78 is 0. The summed E-state index contributed by atoms with van der Waals surface area (Å²) in [7, 11) is 0. The van der Waals surface area contributed by atoms with E-state index in [0.29, 0.717) is 121 Å². The predicted octanol–water partition coefficient (Wildman–Crippen LogP) is 2.29. The molecule has 0 saturated carbocycles. The molecule has 22 heteroatoms. The molecule has 0 spiro atoms. The molecule has 2 aromatic carbocycles. The number of amides is 9. The van der Waals surface area contributed by atoms with Gasteiger partial charge in [0.1, 0.15) is 19.1 Å². The first-order valence-corrected chi connectivity index (χ1v) is 28.9. The molecule has 0 unspecified atom stereocenters. The first-order chi connectivity index (χ1) is 38.4. The average Bonchev–Trinajstić information content (AvgIpc) is 3.45. The number of nitrogens with zero attached hydrogens (tertiary/aromatic N) is 6. The summed E-state index contributed by atoms with van der Waals surface area (Å²) in [6.45, 7) is 6.99. The Hall–Kier alpha value is -6.49. The fraction of sp³-hybridized carbons (Fsp3) is 0.638. The van der Waals surface area contributed by atoms with Crippen molar-refractivity contribution in [3.63, 3.8) is 0 Å². The monoisotopic (exact) mass is 1120 g/mol. The number of nitrogens with two attached hydrogens (primary N) is 5. The highest BCUT2D eigenvalue weighted by atomic mass is 16.2. The van der Waals surface area contributed by atoms with Gasteiger partial charge >= 0.3 is 0 Å². The molecule has 448 valence electrons. The molecule has 22 nitrogen and oxygen atoms in total. The van der Waals surface area contributed by atoms with Crippen LogP contribution in [0.1, 0.15) is 147 Å². The third-order valence-corrected chi connectivity index (χ3v) is 14.0. The molecular formula is C58H97N13O9. The van der Waals surface area contributed by atoms with Gasteiger partial charge in [0.15, 0.2) is 0 Å². The predicted molar refractivity (Wildman–Crippen MR) is 310 cm³/mol. The minimum absolute atomic E-state index is 0.0391. The quantitative estimate of drug-likeness (QED) is 0.0470. The van der Waals surface area contributed by atoms with Gasteiger partial charge in [-0.2, -0.15) is 0 Å². The summed E-state index contributed by atoms with van der Waals surface area (Å²) in [5.74, 6) is -4.41. The fourth-order valence-corrected chi connectivity index (χ4v) is 9.00.